The summed E-state index contributed by atoms with van der Waals surface area (Å²) in [5.41, 5.74) is 2.38. The van der Waals surface area contributed by atoms with Gasteiger partial charge in [0.2, 0.25) is 0 Å². The predicted octanol–water partition coefficient (Wildman–Crippen LogP) is 4.68. The van der Waals surface area contributed by atoms with Crippen molar-refractivity contribution in [2.75, 3.05) is 37.0 Å². The molecule has 1 aliphatic rings. The zero-order chi connectivity index (χ0) is 27.7. The molecule has 9 nitrogen and oxygen atoms in total. The van der Waals surface area contributed by atoms with Crippen molar-refractivity contribution in [3.05, 3.63) is 88.5 Å². The van der Waals surface area contributed by atoms with Gasteiger partial charge in [0.1, 0.15) is 6.54 Å². The number of anilines is 1. The number of nitrogens with zero attached hydrogens (tertiary/aromatic N) is 3. The smallest absolute Gasteiger partial charge is 0.324 e. The largest absolute Gasteiger partial charge is 0.480 e. The molecule has 1 amide bonds. The van der Waals surface area contributed by atoms with Crippen LogP contribution in [0, 0.1) is 0 Å². The van der Waals surface area contributed by atoms with Gasteiger partial charge in [0.05, 0.1) is 16.1 Å². The summed E-state index contributed by atoms with van der Waals surface area (Å²) in [7, 11) is -4.29. The highest BCUT2D eigenvalue weighted by molar-refractivity contribution is 7.92. The summed E-state index contributed by atoms with van der Waals surface area (Å²) in [4.78, 5) is 26.0. The molecular weight excluding hydrogens is 599 g/mol. The first-order valence-corrected chi connectivity index (χ1v) is 14.3. The van der Waals surface area contributed by atoms with E-state index in [-0.39, 0.29) is 38.9 Å². The topological polar surface area (TPSA) is 112 Å². The highest BCUT2D eigenvalue weighted by Crippen LogP contribution is 2.31. The lowest BCUT2D eigenvalue weighted by molar-refractivity contribution is -0.135. The number of carboxylic acids is 1. The van der Waals surface area contributed by atoms with E-state index >= 15 is 0 Å². The van der Waals surface area contributed by atoms with E-state index in [2.05, 4.69) is 5.32 Å². The molecule has 0 spiro atoms. The molecule has 0 unspecified atom stereocenters. The number of carbonyl (C=O) groups is 2. The van der Waals surface area contributed by atoms with E-state index in [0.717, 1.165) is 28.6 Å². The lowest BCUT2D eigenvalue weighted by Crippen LogP contribution is -2.46. The molecule has 1 aliphatic heterocycles. The van der Waals surface area contributed by atoms with Crippen LogP contribution in [0.4, 0.5) is 5.69 Å². The summed E-state index contributed by atoms with van der Waals surface area (Å²) < 4.78 is 29.6. The number of benzene rings is 3. The van der Waals surface area contributed by atoms with E-state index in [1.165, 1.54) is 18.2 Å². The Morgan fingerprint density at radius 2 is 1.57 bits per heavy atom. The molecule has 3 aromatic carbocycles. The number of fused-ring (bicyclic) bond motifs is 1. The molecule has 210 valence electrons. The summed E-state index contributed by atoms with van der Waals surface area (Å²) in [6.07, 6.45) is 1.83. The molecule has 4 aromatic rings. The standard InChI is InChI=1S/C27H24Cl2N4O5S.ClH/c28-20-14-21(29)16-24(15-20)39(37,38)33(17-26(34)35)23-5-6-25-19(13-23)7-10-32(25)22-3-1-18(2-4-22)27(36)31-11-8-30-9-12-31;/h1-7,10,13-16,30H,8-9,11-12,17H2,(H,34,35);1H. The molecule has 2 heterocycles. The van der Waals surface area contributed by atoms with E-state index < -0.39 is 22.5 Å². The number of hydrogen-bond donors (Lipinski definition) is 2. The highest BCUT2D eigenvalue weighted by Gasteiger charge is 2.28. The number of aliphatic carboxylic acids is 1. The molecule has 5 rings (SSSR count). The van der Waals surface area contributed by atoms with E-state index in [1.807, 2.05) is 27.8 Å². The molecule has 1 saturated heterocycles. The van der Waals surface area contributed by atoms with Crippen LogP contribution in [0.2, 0.25) is 10.0 Å². The van der Waals surface area contributed by atoms with E-state index in [1.54, 1.807) is 36.4 Å². The van der Waals surface area contributed by atoms with Crippen LogP contribution in [-0.2, 0) is 14.8 Å². The third kappa shape index (κ3) is 6.06. The van der Waals surface area contributed by atoms with Crippen LogP contribution in [0.5, 0.6) is 0 Å². The fourth-order valence-corrected chi connectivity index (χ4v) is 6.70. The Bertz CT molecular complexity index is 1650. The number of halogens is 3. The number of aromatic nitrogens is 1. The van der Waals surface area contributed by atoms with Crippen LogP contribution in [0.15, 0.2) is 77.8 Å². The molecular formula is C27H25Cl3N4O5S. The van der Waals surface area contributed by atoms with Gasteiger partial charge in [-0.2, -0.15) is 0 Å². The Kier molecular flexibility index (Phi) is 8.96. The number of carbonyl (C=O) groups excluding carboxylic acids is 1. The fourth-order valence-electron chi connectivity index (χ4n) is 4.57. The maximum absolute atomic E-state index is 13.4. The van der Waals surface area contributed by atoms with E-state index in [9.17, 15) is 23.1 Å². The first kappa shape index (κ1) is 29.7. The summed E-state index contributed by atoms with van der Waals surface area (Å²) in [5.74, 6) is -1.33. The third-order valence-corrected chi connectivity index (χ3v) is 8.65. The fraction of sp³-hybridized carbons (Fsp3) is 0.185. The van der Waals surface area contributed by atoms with Gasteiger partial charge in [0.15, 0.2) is 0 Å². The molecule has 0 atom stereocenters. The van der Waals surface area contributed by atoms with Gasteiger partial charge in [-0.25, -0.2) is 8.42 Å². The normalized spacial score (nSPS) is 13.6. The number of sulfonamides is 1. The Hall–Kier alpha value is -3.28. The summed E-state index contributed by atoms with van der Waals surface area (Å²) >= 11 is 12.0. The summed E-state index contributed by atoms with van der Waals surface area (Å²) in [6.45, 7) is 2.11. The molecule has 0 saturated carbocycles. The van der Waals surface area contributed by atoms with Crippen molar-refractivity contribution in [3.63, 3.8) is 0 Å². The number of rotatable bonds is 7. The Morgan fingerprint density at radius 1 is 0.925 bits per heavy atom. The second kappa shape index (κ2) is 12.1. The maximum atomic E-state index is 13.4. The zero-order valence-electron chi connectivity index (χ0n) is 21.0. The molecule has 40 heavy (non-hydrogen) atoms. The second-order valence-electron chi connectivity index (χ2n) is 9.03. The number of carboxylic acid groups (broad SMARTS) is 1. The van der Waals surface area contributed by atoms with Crippen molar-refractivity contribution in [2.24, 2.45) is 0 Å². The van der Waals surface area contributed by atoms with Crippen LogP contribution in [0.25, 0.3) is 16.6 Å². The molecule has 1 aromatic heterocycles. The van der Waals surface area contributed by atoms with Crippen molar-refractivity contribution in [2.45, 2.75) is 4.90 Å². The number of piperazine rings is 1. The maximum Gasteiger partial charge on any atom is 0.324 e. The zero-order valence-corrected chi connectivity index (χ0v) is 24.1. The Morgan fingerprint density at radius 3 is 2.20 bits per heavy atom. The Balaban J connectivity index is 0.00000370. The van der Waals surface area contributed by atoms with Gasteiger partial charge in [-0.05, 0) is 66.7 Å². The SMILES string of the molecule is Cl.O=C(O)CN(c1ccc2c(ccn2-c2ccc(C(=O)N3CCNCC3)cc2)c1)S(=O)(=O)c1cc(Cl)cc(Cl)c1. The molecule has 2 N–H and O–H groups in total. The average molecular weight is 624 g/mol. The van der Waals surface area contributed by atoms with Crippen molar-refractivity contribution in [3.8, 4) is 5.69 Å². The number of amides is 1. The lowest BCUT2D eigenvalue weighted by Gasteiger charge is -2.27. The molecule has 0 bridgehead atoms. The monoisotopic (exact) mass is 622 g/mol. The van der Waals surface area contributed by atoms with Crippen LogP contribution in [-0.4, -0.2) is 67.6 Å². The molecule has 13 heteroatoms. The minimum atomic E-state index is -4.29. The van der Waals surface area contributed by atoms with Gasteiger partial charge in [0.25, 0.3) is 15.9 Å². The van der Waals surface area contributed by atoms with Gasteiger partial charge in [-0.15, -0.1) is 12.4 Å². The Labute approximate surface area is 247 Å². The molecule has 1 fully saturated rings. The van der Waals surface area contributed by atoms with E-state index in [0.29, 0.717) is 24.0 Å². The van der Waals surface area contributed by atoms with Crippen molar-refractivity contribution >= 4 is 74.1 Å². The first-order valence-electron chi connectivity index (χ1n) is 12.1. The lowest BCUT2D eigenvalue weighted by atomic mass is 10.1. The van der Waals surface area contributed by atoms with Crippen molar-refractivity contribution < 1.29 is 23.1 Å². The summed E-state index contributed by atoms with van der Waals surface area (Å²) in [6, 6.07) is 17.8. The van der Waals surface area contributed by atoms with Crippen LogP contribution >= 0.6 is 35.6 Å². The van der Waals surface area contributed by atoms with Gasteiger partial charge in [-0.1, -0.05) is 23.2 Å². The van der Waals surface area contributed by atoms with Crippen LogP contribution in [0.3, 0.4) is 0 Å². The number of hydrogen-bond acceptors (Lipinski definition) is 5. The minimum absolute atomic E-state index is 0. The average Bonchev–Trinajstić information content (AvgIpc) is 3.34. The third-order valence-electron chi connectivity index (χ3n) is 6.46. The van der Waals surface area contributed by atoms with Crippen LogP contribution in [0.1, 0.15) is 10.4 Å². The van der Waals surface area contributed by atoms with E-state index in [4.69, 9.17) is 23.2 Å². The van der Waals surface area contributed by atoms with Gasteiger partial charge >= 0.3 is 5.97 Å². The molecule has 0 radical (unpaired) electrons. The van der Waals surface area contributed by atoms with Crippen LogP contribution < -0.4 is 9.62 Å². The van der Waals surface area contributed by atoms with Gasteiger partial charge < -0.3 is 19.9 Å². The quantitative estimate of drug-likeness (QED) is 0.309. The second-order valence-corrected chi connectivity index (χ2v) is 11.8. The van der Waals surface area contributed by atoms with Gasteiger partial charge in [-0.3, -0.25) is 13.9 Å². The van der Waals surface area contributed by atoms with Crippen molar-refractivity contribution in [1.29, 1.82) is 0 Å². The number of nitrogens with one attached hydrogen (secondary N) is 1. The summed E-state index contributed by atoms with van der Waals surface area (Å²) in [5, 5.41) is 13.6. The molecule has 0 aliphatic carbocycles. The minimum Gasteiger partial charge on any atom is -0.480 e. The first-order chi connectivity index (χ1) is 18.6. The predicted molar refractivity (Wildman–Crippen MR) is 158 cm³/mol. The highest BCUT2D eigenvalue weighted by atomic mass is 35.5. The van der Waals surface area contributed by atoms with Crippen molar-refractivity contribution in [1.82, 2.24) is 14.8 Å². The van der Waals surface area contributed by atoms with Gasteiger partial charge in [0, 0.05) is 59.1 Å².